The lowest BCUT2D eigenvalue weighted by atomic mass is 10.2. The van der Waals surface area contributed by atoms with Crippen molar-refractivity contribution >= 4 is 29.0 Å². The zero-order chi connectivity index (χ0) is 17.6. The van der Waals surface area contributed by atoms with E-state index in [1.165, 1.54) is 0 Å². The lowest BCUT2D eigenvalue weighted by Crippen LogP contribution is -2.42. The Hall–Kier alpha value is -2.44. The molecular weight excluding hydrogens is 336 g/mol. The molecule has 6 heteroatoms. The average molecular weight is 356 g/mol. The monoisotopic (exact) mass is 356 g/mol. The zero-order valence-corrected chi connectivity index (χ0v) is 14.8. The van der Waals surface area contributed by atoms with Crippen molar-refractivity contribution in [2.45, 2.75) is 6.92 Å². The number of aryl methyl sites for hydroxylation is 1. The largest absolute Gasteiger partial charge is 0.432 e. The van der Waals surface area contributed by atoms with Crippen LogP contribution in [0.2, 0.25) is 0 Å². The SMILES string of the molecule is Cc1cccc(NC(=O)c2ccc(OC(=S)N3CCOCC3)cc2)c1. The van der Waals surface area contributed by atoms with Crippen molar-refractivity contribution in [1.29, 1.82) is 0 Å². The lowest BCUT2D eigenvalue weighted by Gasteiger charge is -2.28. The summed E-state index contributed by atoms with van der Waals surface area (Å²) in [6.07, 6.45) is 0. The number of carbonyl (C=O) groups is 1. The van der Waals surface area contributed by atoms with Gasteiger partial charge in [0.25, 0.3) is 11.1 Å². The van der Waals surface area contributed by atoms with Gasteiger partial charge in [-0.3, -0.25) is 4.79 Å². The molecule has 1 aliphatic heterocycles. The number of amides is 1. The van der Waals surface area contributed by atoms with Crippen molar-refractivity contribution in [1.82, 2.24) is 4.90 Å². The third-order valence-corrected chi connectivity index (χ3v) is 4.21. The molecule has 0 aliphatic carbocycles. The molecule has 1 N–H and O–H groups in total. The predicted molar refractivity (Wildman–Crippen MR) is 101 cm³/mol. The van der Waals surface area contributed by atoms with Gasteiger partial charge in [0.15, 0.2) is 0 Å². The van der Waals surface area contributed by atoms with Crippen LogP contribution in [-0.2, 0) is 4.74 Å². The number of morpholine rings is 1. The first kappa shape index (κ1) is 17.4. The van der Waals surface area contributed by atoms with Crippen LogP contribution in [0.1, 0.15) is 15.9 Å². The van der Waals surface area contributed by atoms with E-state index in [1.54, 1.807) is 24.3 Å². The summed E-state index contributed by atoms with van der Waals surface area (Å²) in [5, 5.41) is 3.31. The first-order valence-electron chi connectivity index (χ1n) is 8.14. The number of thiocarbonyl (C=S) groups is 1. The molecule has 0 radical (unpaired) electrons. The quantitative estimate of drug-likeness (QED) is 0.856. The Bertz CT molecular complexity index is 756. The van der Waals surface area contributed by atoms with Crippen molar-refractivity contribution in [3.05, 3.63) is 59.7 Å². The van der Waals surface area contributed by atoms with E-state index in [4.69, 9.17) is 21.7 Å². The maximum absolute atomic E-state index is 12.3. The van der Waals surface area contributed by atoms with E-state index in [0.717, 1.165) is 24.3 Å². The van der Waals surface area contributed by atoms with Gasteiger partial charge in [0.2, 0.25) is 0 Å². The summed E-state index contributed by atoms with van der Waals surface area (Å²) >= 11 is 5.31. The second-order valence-electron chi connectivity index (χ2n) is 5.82. The highest BCUT2D eigenvalue weighted by Gasteiger charge is 2.15. The summed E-state index contributed by atoms with van der Waals surface area (Å²) in [5.41, 5.74) is 2.43. The zero-order valence-electron chi connectivity index (χ0n) is 14.0. The average Bonchev–Trinajstić information content (AvgIpc) is 2.63. The standard InChI is InChI=1S/C19H20N2O3S/c1-14-3-2-4-16(13-14)20-18(22)15-5-7-17(8-6-15)24-19(25)21-9-11-23-12-10-21/h2-8,13H,9-12H2,1H3,(H,20,22). The minimum absolute atomic E-state index is 0.159. The molecule has 2 aromatic carbocycles. The third kappa shape index (κ3) is 4.78. The van der Waals surface area contributed by atoms with Gasteiger partial charge in [0.05, 0.1) is 13.2 Å². The van der Waals surface area contributed by atoms with Gasteiger partial charge < -0.3 is 19.7 Å². The van der Waals surface area contributed by atoms with Crippen LogP contribution in [0, 0.1) is 6.92 Å². The molecular formula is C19H20N2O3S. The van der Waals surface area contributed by atoms with Gasteiger partial charge in [-0.05, 0) is 61.1 Å². The number of nitrogens with zero attached hydrogens (tertiary/aromatic N) is 1. The van der Waals surface area contributed by atoms with Gasteiger partial charge in [-0.25, -0.2) is 0 Å². The number of carbonyl (C=O) groups excluding carboxylic acids is 1. The molecule has 0 aromatic heterocycles. The Morgan fingerprint density at radius 2 is 1.88 bits per heavy atom. The van der Waals surface area contributed by atoms with E-state index in [9.17, 15) is 4.79 Å². The number of hydrogen-bond donors (Lipinski definition) is 1. The molecule has 2 aromatic rings. The van der Waals surface area contributed by atoms with Crippen LogP contribution in [-0.4, -0.2) is 42.3 Å². The smallest absolute Gasteiger partial charge is 0.264 e. The summed E-state index contributed by atoms with van der Waals surface area (Å²) in [5.74, 6) is 0.455. The predicted octanol–water partition coefficient (Wildman–Crippen LogP) is 3.24. The van der Waals surface area contributed by atoms with Crippen LogP contribution in [0.25, 0.3) is 0 Å². The number of anilines is 1. The summed E-state index contributed by atoms with van der Waals surface area (Å²) in [6, 6.07) is 14.6. The fourth-order valence-electron chi connectivity index (χ4n) is 2.51. The molecule has 1 aliphatic rings. The molecule has 1 saturated heterocycles. The van der Waals surface area contributed by atoms with Gasteiger partial charge in [-0.15, -0.1) is 0 Å². The summed E-state index contributed by atoms with van der Waals surface area (Å²) in [6.45, 7) is 4.76. The Morgan fingerprint density at radius 3 is 2.56 bits per heavy atom. The maximum Gasteiger partial charge on any atom is 0.264 e. The summed E-state index contributed by atoms with van der Waals surface area (Å²) in [4.78, 5) is 14.3. The first-order chi connectivity index (χ1) is 12.1. The number of benzene rings is 2. The number of ether oxygens (including phenoxy) is 2. The van der Waals surface area contributed by atoms with Gasteiger partial charge in [0, 0.05) is 24.3 Å². The second kappa shape index (κ2) is 8.09. The third-order valence-electron chi connectivity index (χ3n) is 3.87. The van der Waals surface area contributed by atoms with E-state index < -0.39 is 0 Å². The van der Waals surface area contributed by atoms with Crippen LogP contribution in [0.15, 0.2) is 48.5 Å². The van der Waals surface area contributed by atoms with Crippen LogP contribution in [0.5, 0.6) is 5.75 Å². The Labute approximate surface area is 152 Å². The molecule has 130 valence electrons. The summed E-state index contributed by atoms with van der Waals surface area (Å²) in [7, 11) is 0. The fraction of sp³-hybridized carbons (Fsp3) is 0.263. The number of hydrogen-bond acceptors (Lipinski definition) is 4. The van der Waals surface area contributed by atoms with Gasteiger partial charge >= 0.3 is 0 Å². The van der Waals surface area contributed by atoms with Crippen LogP contribution in [0.3, 0.4) is 0 Å². The summed E-state index contributed by atoms with van der Waals surface area (Å²) < 4.78 is 11.0. The Balaban J connectivity index is 1.59. The van der Waals surface area contributed by atoms with E-state index in [2.05, 4.69) is 5.32 Å². The van der Waals surface area contributed by atoms with Crippen LogP contribution >= 0.6 is 12.2 Å². The molecule has 1 heterocycles. The van der Waals surface area contributed by atoms with Crippen molar-refractivity contribution in [3.8, 4) is 5.75 Å². The van der Waals surface area contributed by atoms with E-state index >= 15 is 0 Å². The van der Waals surface area contributed by atoms with E-state index in [0.29, 0.717) is 29.7 Å². The minimum Gasteiger partial charge on any atom is -0.432 e. The minimum atomic E-state index is -0.159. The number of rotatable bonds is 3. The normalized spacial score (nSPS) is 14.0. The molecule has 3 rings (SSSR count). The van der Waals surface area contributed by atoms with Crippen LogP contribution in [0.4, 0.5) is 5.69 Å². The molecule has 5 nitrogen and oxygen atoms in total. The van der Waals surface area contributed by atoms with Gasteiger partial charge in [-0.2, -0.15) is 0 Å². The maximum atomic E-state index is 12.3. The Morgan fingerprint density at radius 1 is 1.16 bits per heavy atom. The second-order valence-corrected chi connectivity index (χ2v) is 6.16. The van der Waals surface area contributed by atoms with E-state index in [-0.39, 0.29) is 5.91 Å². The molecule has 0 atom stereocenters. The highest BCUT2D eigenvalue weighted by molar-refractivity contribution is 7.80. The highest BCUT2D eigenvalue weighted by Crippen LogP contribution is 2.16. The van der Waals surface area contributed by atoms with Gasteiger partial charge in [0.1, 0.15) is 5.75 Å². The molecule has 25 heavy (non-hydrogen) atoms. The molecule has 0 bridgehead atoms. The number of nitrogens with one attached hydrogen (secondary N) is 1. The lowest BCUT2D eigenvalue weighted by molar-refractivity contribution is 0.0631. The molecule has 0 saturated carbocycles. The fourth-order valence-corrected chi connectivity index (χ4v) is 2.79. The van der Waals surface area contributed by atoms with E-state index in [1.807, 2.05) is 36.1 Å². The van der Waals surface area contributed by atoms with Crippen LogP contribution < -0.4 is 10.1 Å². The molecule has 1 fully saturated rings. The first-order valence-corrected chi connectivity index (χ1v) is 8.55. The molecule has 0 unspecified atom stereocenters. The molecule has 0 spiro atoms. The Kier molecular flexibility index (Phi) is 5.63. The molecule has 1 amide bonds. The van der Waals surface area contributed by atoms with Crippen molar-refractivity contribution in [2.24, 2.45) is 0 Å². The topological polar surface area (TPSA) is 50.8 Å². The van der Waals surface area contributed by atoms with Gasteiger partial charge in [-0.1, -0.05) is 12.1 Å². The van der Waals surface area contributed by atoms with Crippen molar-refractivity contribution < 1.29 is 14.3 Å². The highest BCUT2D eigenvalue weighted by atomic mass is 32.1. The van der Waals surface area contributed by atoms with Crippen molar-refractivity contribution in [3.63, 3.8) is 0 Å². The van der Waals surface area contributed by atoms with Crippen molar-refractivity contribution in [2.75, 3.05) is 31.6 Å².